The second-order valence-electron chi connectivity index (χ2n) is 5.69. The average molecular weight is 375 g/mol. The molecule has 5 nitrogen and oxygen atoms in total. The molecule has 0 saturated carbocycles. The lowest BCUT2D eigenvalue weighted by atomic mass is 10.2. The number of aromatic nitrogens is 1. The molecule has 1 aromatic heterocycles. The van der Waals surface area contributed by atoms with Gasteiger partial charge in [-0.25, -0.2) is 0 Å². The maximum Gasteiger partial charge on any atom is 0.257 e. The van der Waals surface area contributed by atoms with Gasteiger partial charge in [0.05, 0.1) is 17.4 Å². The van der Waals surface area contributed by atoms with E-state index in [1.165, 1.54) is 0 Å². The molecule has 3 rings (SSSR count). The van der Waals surface area contributed by atoms with Crippen molar-refractivity contribution >= 4 is 33.2 Å². The highest BCUT2D eigenvalue weighted by molar-refractivity contribution is 9.10. The summed E-state index contributed by atoms with van der Waals surface area (Å²) in [5, 5.41) is 2.90. The molecule has 6 heteroatoms. The molecule has 0 unspecified atom stereocenters. The van der Waals surface area contributed by atoms with Crippen molar-refractivity contribution in [2.75, 3.05) is 43.4 Å². The first-order valence-electron chi connectivity index (χ1n) is 7.57. The van der Waals surface area contributed by atoms with Crippen molar-refractivity contribution in [1.29, 1.82) is 0 Å². The molecule has 0 aliphatic carbocycles. The highest BCUT2D eigenvalue weighted by Crippen LogP contribution is 2.19. The van der Waals surface area contributed by atoms with Crippen LogP contribution in [0.1, 0.15) is 10.4 Å². The van der Waals surface area contributed by atoms with E-state index in [1.807, 2.05) is 36.5 Å². The van der Waals surface area contributed by atoms with E-state index in [1.54, 1.807) is 6.20 Å². The minimum absolute atomic E-state index is 0.147. The Balaban J connectivity index is 1.72. The first kappa shape index (κ1) is 16.0. The van der Waals surface area contributed by atoms with Gasteiger partial charge in [-0.15, -0.1) is 0 Å². The number of halogens is 1. The Hall–Kier alpha value is -1.92. The number of nitrogens with zero attached hydrogens (tertiary/aromatic N) is 3. The molecular formula is C17H19BrN4O. The molecule has 120 valence electrons. The zero-order valence-corrected chi connectivity index (χ0v) is 14.6. The predicted octanol–water partition coefficient (Wildman–Crippen LogP) is 2.85. The third kappa shape index (κ3) is 4.09. The van der Waals surface area contributed by atoms with Crippen LogP contribution in [0.4, 0.5) is 11.4 Å². The Morgan fingerprint density at radius 2 is 1.96 bits per heavy atom. The van der Waals surface area contributed by atoms with Gasteiger partial charge in [-0.1, -0.05) is 22.0 Å². The Kier molecular flexibility index (Phi) is 4.93. The summed E-state index contributed by atoms with van der Waals surface area (Å²) in [6, 6.07) is 9.45. The number of amides is 1. The summed E-state index contributed by atoms with van der Waals surface area (Å²) in [6.07, 6.45) is 3.42. The number of hydrogen-bond acceptors (Lipinski definition) is 4. The van der Waals surface area contributed by atoms with Gasteiger partial charge in [-0.2, -0.15) is 0 Å². The number of nitrogens with one attached hydrogen (secondary N) is 1. The van der Waals surface area contributed by atoms with Gasteiger partial charge in [0.1, 0.15) is 0 Å². The summed E-state index contributed by atoms with van der Waals surface area (Å²) >= 11 is 3.40. The van der Waals surface area contributed by atoms with Crippen molar-refractivity contribution in [2.24, 2.45) is 0 Å². The van der Waals surface area contributed by atoms with E-state index in [0.29, 0.717) is 5.56 Å². The quantitative estimate of drug-likeness (QED) is 0.897. The molecule has 1 amide bonds. The van der Waals surface area contributed by atoms with Crippen LogP contribution < -0.4 is 10.2 Å². The fourth-order valence-electron chi connectivity index (χ4n) is 2.56. The summed E-state index contributed by atoms with van der Waals surface area (Å²) in [7, 11) is 2.12. The SMILES string of the molecule is CN1CCN(c2cncc(C(=O)Nc3cccc(Br)c3)c2)CC1. The molecule has 0 spiro atoms. The van der Waals surface area contributed by atoms with Crippen molar-refractivity contribution in [3.63, 3.8) is 0 Å². The molecule has 2 heterocycles. The fraction of sp³-hybridized carbons (Fsp3) is 0.294. The lowest BCUT2D eigenvalue weighted by Gasteiger charge is -2.33. The van der Waals surface area contributed by atoms with Crippen molar-refractivity contribution in [2.45, 2.75) is 0 Å². The van der Waals surface area contributed by atoms with Crippen LogP contribution in [0.2, 0.25) is 0 Å². The number of carbonyl (C=O) groups is 1. The van der Waals surface area contributed by atoms with Gasteiger partial charge in [0.2, 0.25) is 0 Å². The summed E-state index contributed by atoms with van der Waals surface area (Å²) in [5.74, 6) is -0.147. The van der Waals surface area contributed by atoms with Gasteiger partial charge in [0.15, 0.2) is 0 Å². The van der Waals surface area contributed by atoms with E-state index in [-0.39, 0.29) is 5.91 Å². The molecule has 2 aromatic rings. The van der Waals surface area contributed by atoms with Crippen LogP contribution in [-0.4, -0.2) is 49.0 Å². The Morgan fingerprint density at radius 3 is 2.70 bits per heavy atom. The smallest absolute Gasteiger partial charge is 0.257 e. The van der Waals surface area contributed by atoms with Crippen LogP contribution in [-0.2, 0) is 0 Å². The van der Waals surface area contributed by atoms with Gasteiger partial charge in [0, 0.05) is 42.5 Å². The predicted molar refractivity (Wildman–Crippen MR) is 96.0 cm³/mol. The second kappa shape index (κ2) is 7.10. The number of anilines is 2. The summed E-state index contributed by atoms with van der Waals surface area (Å²) in [5.41, 5.74) is 2.33. The number of hydrogen-bond donors (Lipinski definition) is 1. The standard InChI is InChI=1S/C17H19BrN4O/c1-21-5-7-22(8-6-21)16-9-13(11-19-12-16)17(23)20-15-4-2-3-14(18)10-15/h2-4,9-12H,5-8H2,1H3,(H,20,23). The molecular weight excluding hydrogens is 356 g/mol. The molecule has 1 aromatic carbocycles. The molecule has 0 bridgehead atoms. The molecule has 1 saturated heterocycles. The van der Waals surface area contributed by atoms with Crippen molar-refractivity contribution in [1.82, 2.24) is 9.88 Å². The second-order valence-corrected chi connectivity index (χ2v) is 6.60. The lowest BCUT2D eigenvalue weighted by Crippen LogP contribution is -2.44. The highest BCUT2D eigenvalue weighted by Gasteiger charge is 2.16. The summed E-state index contributed by atoms with van der Waals surface area (Å²) in [4.78, 5) is 21.2. The Labute approximate surface area is 144 Å². The van der Waals surface area contributed by atoms with Crippen LogP contribution in [0, 0.1) is 0 Å². The van der Waals surface area contributed by atoms with E-state index >= 15 is 0 Å². The van der Waals surface area contributed by atoms with Crippen molar-refractivity contribution in [3.05, 3.63) is 52.8 Å². The van der Waals surface area contributed by atoms with Crippen LogP contribution in [0.3, 0.4) is 0 Å². The van der Waals surface area contributed by atoms with Gasteiger partial charge in [-0.3, -0.25) is 9.78 Å². The van der Waals surface area contributed by atoms with Crippen LogP contribution in [0.25, 0.3) is 0 Å². The van der Waals surface area contributed by atoms with Crippen molar-refractivity contribution in [3.8, 4) is 0 Å². The topological polar surface area (TPSA) is 48.5 Å². The highest BCUT2D eigenvalue weighted by atomic mass is 79.9. The maximum absolute atomic E-state index is 12.4. The third-order valence-corrected chi connectivity index (χ3v) is 4.43. The van der Waals surface area contributed by atoms with E-state index in [9.17, 15) is 4.79 Å². The van der Waals surface area contributed by atoms with Crippen molar-refractivity contribution < 1.29 is 4.79 Å². The normalized spacial score (nSPS) is 15.5. The minimum atomic E-state index is -0.147. The number of rotatable bonds is 3. The molecule has 1 aliphatic rings. The van der Waals surface area contributed by atoms with Gasteiger partial charge >= 0.3 is 0 Å². The van der Waals surface area contributed by atoms with Gasteiger partial charge in [0.25, 0.3) is 5.91 Å². The molecule has 23 heavy (non-hydrogen) atoms. The van der Waals surface area contributed by atoms with Gasteiger partial charge < -0.3 is 15.1 Å². The third-order valence-electron chi connectivity index (χ3n) is 3.94. The van der Waals surface area contributed by atoms with E-state index in [4.69, 9.17) is 0 Å². The van der Waals surface area contributed by atoms with Crippen LogP contribution in [0.5, 0.6) is 0 Å². The first-order chi connectivity index (χ1) is 11.1. The maximum atomic E-state index is 12.4. The zero-order valence-electron chi connectivity index (χ0n) is 13.0. The first-order valence-corrected chi connectivity index (χ1v) is 8.36. The molecule has 1 fully saturated rings. The van der Waals surface area contributed by atoms with Gasteiger partial charge in [-0.05, 0) is 31.3 Å². The Morgan fingerprint density at radius 1 is 1.17 bits per heavy atom. The monoisotopic (exact) mass is 374 g/mol. The molecule has 1 aliphatic heterocycles. The summed E-state index contributed by atoms with van der Waals surface area (Å²) in [6.45, 7) is 3.95. The Bertz CT molecular complexity index is 698. The van der Waals surface area contributed by atoms with E-state index in [2.05, 4.69) is 43.1 Å². The zero-order chi connectivity index (χ0) is 16.2. The minimum Gasteiger partial charge on any atom is -0.368 e. The number of likely N-dealkylation sites (N-methyl/N-ethyl adjacent to an activating group) is 1. The molecule has 0 atom stereocenters. The average Bonchev–Trinajstić information content (AvgIpc) is 2.56. The summed E-state index contributed by atoms with van der Waals surface area (Å²) < 4.78 is 0.930. The lowest BCUT2D eigenvalue weighted by molar-refractivity contribution is 0.102. The number of carbonyl (C=O) groups excluding carboxylic acids is 1. The van der Waals surface area contributed by atoms with Crippen LogP contribution in [0.15, 0.2) is 47.2 Å². The largest absolute Gasteiger partial charge is 0.368 e. The molecule has 1 N–H and O–H groups in total. The van der Waals surface area contributed by atoms with Crippen LogP contribution >= 0.6 is 15.9 Å². The van der Waals surface area contributed by atoms with E-state index < -0.39 is 0 Å². The number of benzene rings is 1. The number of piperazine rings is 1. The van der Waals surface area contributed by atoms with E-state index in [0.717, 1.165) is 42.0 Å². The fourth-order valence-corrected chi connectivity index (χ4v) is 2.96. The number of pyridine rings is 1. The molecule has 0 radical (unpaired) electrons.